The van der Waals surface area contributed by atoms with Gasteiger partial charge in [0.2, 0.25) is 5.88 Å². The minimum Gasteiger partial charge on any atom is -0.389 e. The summed E-state index contributed by atoms with van der Waals surface area (Å²) in [6, 6.07) is 1.84. The Morgan fingerprint density at radius 3 is 2.92 bits per heavy atom. The van der Waals surface area contributed by atoms with Gasteiger partial charge in [-0.15, -0.1) is 5.10 Å². The Bertz CT molecular complexity index is 349. The van der Waals surface area contributed by atoms with Crippen molar-refractivity contribution in [2.75, 3.05) is 0 Å². The second-order valence-corrected chi connectivity index (χ2v) is 2.06. The molecule has 0 spiro atoms. The van der Waals surface area contributed by atoms with Gasteiger partial charge in [-0.25, -0.2) is 4.79 Å². The lowest BCUT2D eigenvalue weighted by molar-refractivity contribution is 0.208. The van der Waals surface area contributed by atoms with Crippen molar-refractivity contribution in [2.45, 2.75) is 6.92 Å². The first-order chi connectivity index (χ1) is 5.65. The number of carbonyl (C=O) groups is 1. The fourth-order valence-corrected chi connectivity index (χ4v) is 0.685. The van der Waals surface area contributed by atoms with Crippen LogP contribution in [0.5, 0.6) is 5.88 Å². The van der Waals surface area contributed by atoms with Crippen LogP contribution in [0, 0.1) is 18.3 Å². The molecule has 0 aromatic carbocycles. The highest BCUT2D eigenvalue weighted by Gasteiger charge is 2.10. The van der Waals surface area contributed by atoms with E-state index in [1.54, 1.807) is 6.92 Å². The molecule has 1 rings (SSSR count). The lowest BCUT2D eigenvalue weighted by Gasteiger charge is -1.94. The number of nitrogens with zero attached hydrogens (tertiary/aromatic N) is 2. The number of ether oxygens (including phenoxy) is 1. The highest BCUT2D eigenvalue weighted by molar-refractivity contribution is 5.68. The van der Waals surface area contributed by atoms with Gasteiger partial charge < -0.3 is 10.5 Å². The standard InChI is InChI=1S/C6H6N4O2/c1-3-4(2-7)9-10-5(3)12-6(8)11/h1H3,(H2,8,11)(H,9,10). The van der Waals surface area contributed by atoms with Crippen LogP contribution < -0.4 is 10.5 Å². The Morgan fingerprint density at radius 1 is 1.83 bits per heavy atom. The molecule has 1 aromatic rings. The molecule has 12 heavy (non-hydrogen) atoms. The summed E-state index contributed by atoms with van der Waals surface area (Å²) in [5.41, 5.74) is 5.47. The van der Waals surface area contributed by atoms with Crippen LogP contribution in [-0.4, -0.2) is 16.3 Å². The van der Waals surface area contributed by atoms with Crippen LogP contribution in [0.15, 0.2) is 0 Å². The summed E-state index contributed by atoms with van der Waals surface area (Å²) >= 11 is 0. The summed E-state index contributed by atoms with van der Waals surface area (Å²) in [5.74, 6) is 0.0408. The number of nitriles is 1. The Morgan fingerprint density at radius 2 is 2.50 bits per heavy atom. The maximum Gasteiger partial charge on any atom is 0.411 e. The molecule has 0 atom stereocenters. The van der Waals surface area contributed by atoms with Crippen molar-refractivity contribution in [1.82, 2.24) is 10.2 Å². The highest BCUT2D eigenvalue weighted by atomic mass is 16.6. The van der Waals surface area contributed by atoms with Crippen LogP contribution in [0.1, 0.15) is 11.3 Å². The average Bonchev–Trinajstić information content (AvgIpc) is 2.32. The topological polar surface area (TPSA) is 105 Å². The number of nitrogens with one attached hydrogen (secondary N) is 1. The normalized spacial score (nSPS) is 9.00. The van der Waals surface area contributed by atoms with Crippen molar-refractivity contribution in [1.29, 1.82) is 5.26 Å². The number of aromatic amines is 1. The molecule has 6 heteroatoms. The number of amides is 1. The molecule has 0 saturated carbocycles. The maximum atomic E-state index is 10.3. The number of H-pyrrole nitrogens is 1. The molecule has 0 aliphatic carbocycles. The number of hydrogen-bond acceptors (Lipinski definition) is 4. The van der Waals surface area contributed by atoms with E-state index in [2.05, 4.69) is 14.9 Å². The first-order valence-electron chi connectivity index (χ1n) is 3.07. The van der Waals surface area contributed by atoms with Crippen molar-refractivity contribution in [2.24, 2.45) is 5.73 Å². The Hall–Kier alpha value is -2.03. The van der Waals surface area contributed by atoms with Crippen LogP contribution in [0.4, 0.5) is 4.79 Å². The molecule has 6 nitrogen and oxygen atoms in total. The molecule has 0 bridgehead atoms. The number of aromatic nitrogens is 2. The van der Waals surface area contributed by atoms with Crippen molar-refractivity contribution < 1.29 is 9.53 Å². The highest BCUT2D eigenvalue weighted by Crippen LogP contribution is 2.15. The zero-order chi connectivity index (χ0) is 9.14. The van der Waals surface area contributed by atoms with Crippen LogP contribution in [-0.2, 0) is 0 Å². The molecule has 1 aromatic heterocycles. The predicted octanol–water partition coefficient (Wildman–Crippen LogP) is 0.0473. The van der Waals surface area contributed by atoms with Gasteiger partial charge in [0.15, 0.2) is 0 Å². The number of rotatable bonds is 1. The zero-order valence-corrected chi connectivity index (χ0v) is 6.29. The summed E-state index contributed by atoms with van der Waals surface area (Å²) in [7, 11) is 0. The van der Waals surface area contributed by atoms with E-state index in [0.717, 1.165) is 0 Å². The summed E-state index contributed by atoms with van der Waals surface area (Å²) in [5, 5.41) is 14.4. The smallest absolute Gasteiger partial charge is 0.389 e. The molecule has 1 amide bonds. The molecule has 1 heterocycles. The van der Waals surface area contributed by atoms with Crippen LogP contribution >= 0.6 is 0 Å². The van der Waals surface area contributed by atoms with Gasteiger partial charge in [-0.1, -0.05) is 0 Å². The lowest BCUT2D eigenvalue weighted by Crippen LogP contribution is -2.16. The lowest BCUT2D eigenvalue weighted by atomic mass is 10.3. The number of nitrogens with two attached hydrogens (primary N) is 1. The van der Waals surface area contributed by atoms with Crippen molar-refractivity contribution >= 4 is 6.09 Å². The molecular weight excluding hydrogens is 160 g/mol. The number of carbonyl (C=O) groups excluding carboxylic acids is 1. The zero-order valence-electron chi connectivity index (χ0n) is 6.29. The quantitative estimate of drug-likeness (QED) is 0.614. The summed E-state index contributed by atoms with van der Waals surface area (Å²) in [6.45, 7) is 1.60. The van der Waals surface area contributed by atoms with Crippen LogP contribution in [0.2, 0.25) is 0 Å². The van der Waals surface area contributed by atoms with Gasteiger partial charge in [0.25, 0.3) is 0 Å². The minimum absolute atomic E-state index is 0.0408. The van der Waals surface area contributed by atoms with Gasteiger partial charge in [0.1, 0.15) is 11.8 Å². The minimum atomic E-state index is -0.950. The van der Waals surface area contributed by atoms with Gasteiger partial charge in [-0.3, -0.25) is 5.10 Å². The second kappa shape index (κ2) is 2.92. The fraction of sp³-hybridized carbons (Fsp3) is 0.167. The summed E-state index contributed by atoms with van der Waals surface area (Å²) < 4.78 is 4.47. The van der Waals surface area contributed by atoms with Crippen molar-refractivity contribution in [3.63, 3.8) is 0 Å². The molecular formula is C6H6N4O2. The molecule has 62 valence electrons. The van der Waals surface area contributed by atoms with E-state index in [4.69, 9.17) is 11.0 Å². The molecule has 0 aliphatic rings. The third-order valence-electron chi connectivity index (χ3n) is 1.27. The molecule has 0 fully saturated rings. The van der Waals surface area contributed by atoms with Crippen molar-refractivity contribution in [3.8, 4) is 11.9 Å². The van der Waals surface area contributed by atoms with Gasteiger partial charge >= 0.3 is 6.09 Å². The Labute approximate surface area is 67.9 Å². The molecule has 0 unspecified atom stereocenters. The van der Waals surface area contributed by atoms with E-state index in [0.29, 0.717) is 5.56 Å². The summed E-state index contributed by atoms with van der Waals surface area (Å²) in [4.78, 5) is 10.3. The van der Waals surface area contributed by atoms with Gasteiger partial charge in [-0.05, 0) is 6.92 Å². The van der Waals surface area contributed by atoms with E-state index in [1.165, 1.54) is 0 Å². The van der Waals surface area contributed by atoms with E-state index >= 15 is 0 Å². The van der Waals surface area contributed by atoms with Crippen molar-refractivity contribution in [3.05, 3.63) is 11.3 Å². The molecule has 3 N–H and O–H groups in total. The number of primary amides is 1. The molecule has 0 aliphatic heterocycles. The van der Waals surface area contributed by atoms with Gasteiger partial charge in [0.05, 0.1) is 0 Å². The van der Waals surface area contributed by atoms with Gasteiger partial charge in [-0.2, -0.15) is 5.26 Å². The van der Waals surface area contributed by atoms with E-state index < -0.39 is 6.09 Å². The number of hydrogen-bond donors (Lipinski definition) is 2. The van der Waals surface area contributed by atoms with E-state index in [-0.39, 0.29) is 11.6 Å². The van der Waals surface area contributed by atoms with E-state index in [9.17, 15) is 4.79 Å². The average molecular weight is 166 g/mol. The Balaban J connectivity index is 2.96. The SMILES string of the molecule is Cc1c(OC(N)=O)n[nH]c1C#N. The molecule has 0 radical (unpaired) electrons. The first-order valence-corrected chi connectivity index (χ1v) is 3.07. The molecule has 0 saturated heterocycles. The monoisotopic (exact) mass is 166 g/mol. The fourth-order valence-electron chi connectivity index (χ4n) is 0.685. The van der Waals surface area contributed by atoms with E-state index in [1.807, 2.05) is 6.07 Å². The second-order valence-electron chi connectivity index (χ2n) is 2.06. The Kier molecular flexibility index (Phi) is 1.96. The third-order valence-corrected chi connectivity index (χ3v) is 1.27. The maximum absolute atomic E-state index is 10.3. The first kappa shape index (κ1) is 8.07. The van der Waals surface area contributed by atoms with Gasteiger partial charge in [0, 0.05) is 5.56 Å². The summed E-state index contributed by atoms with van der Waals surface area (Å²) in [6.07, 6.45) is -0.950. The third kappa shape index (κ3) is 1.34. The van der Waals surface area contributed by atoms with Crippen LogP contribution in [0.3, 0.4) is 0 Å². The predicted molar refractivity (Wildman–Crippen MR) is 38.3 cm³/mol. The largest absolute Gasteiger partial charge is 0.411 e. The van der Waals surface area contributed by atoms with Crippen LogP contribution in [0.25, 0.3) is 0 Å².